The van der Waals surface area contributed by atoms with Crippen molar-refractivity contribution in [3.05, 3.63) is 81.8 Å². The molecule has 0 atom stereocenters. The van der Waals surface area contributed by atoms with Crippen LogP contribution in [0.4, 0.5) is 0 Å². The van der Waals surface area contributed by atoms with Crippen LogP contribution in [0.5, 0.6) is 23.0 Å². The first kappa shape index (κ1) is 23.8. The van der Waals surface area contributed by atoms with Crippen LogP contribution in [0, 0.1) is 0 Å². The highest BCUT2D eigenvalue weighted by atomic mass is 79.9. The molecule has 0 spiro atoms. The average molecular weight is 513 g/mol. The second-order valence-corrected chi connectivity index (χ2v) is 7.41. The Labute approximate surface area is 199 Å². The van der Waals surface area contributed by atoms with Crippen LogP contribution in [0.3, 0.4) is 0 Å². The lowest BCUT2D eigenvalue weighted by Gasteiger charge is -2.13. The number of methoxy groups -OCH3 is 3. The zero-order valence-corrected chi connectivity index (χ0v) is 19.7. The van der Waals surface area contributed by atoms with Crippen molar-refractivity contribution in [1.29, 1.82) is 0 Å². The molecule has 0 saturated heterocycles. The van der Waals surface area contributed by atoms with Crippen LogP contribution in [0.25, 0.3) is 0 Å². The SMILES string of the molecule is COc1cc(C(=O)N/N=C\c2ccc(OC(=O)c3ccccc3Br)cc2)cc(OC)c1OC. The van der Waals surface area contributed by atoms with E-state index < -0.39 is 11.9 Å². The number of benzene rings is 3. The summed E-state index contributed by atoms with van der Waals surface area (Å²) in [6, 6.07) is 16.7. The lowest BCUT2D eigenvalue weighted by molar-refractivity contribution is 0.0733. The van der Waals surface area contributed by atoms with E-state index in [0.717, 1.165) is 0 Å². The molecule has 1 N–H and O–H groups in total. The number of halogens is 1. The van der Waals surface area contributed by atoms with Crippen LogP contribution >= 0.6 is 15.9 Å². The summed E-state index contributed by atoms with van der Waals surface area (Å²) in [6.45, 7) is 0. The largest absolute Gasteiger partial charge is 0.493 e. The molecule has 3 rings (SSSR count). The van der Waals surface area contributed by atoms with Crippen LogP contribution in [0.2, 0.25) is 0 Å². The molecule has 0 aliphatic carbocycles. The number of amides is 1. The summed E-state index contributed by atoms with van der Waals surface area (Å²) in [5.74, 6) is 0.568. The van der Waals surface area contributed by atoms with Gasteiger partial charge in [0.05, 0.1) is 33.1 Å². The Hall–Kier alpha value is -3.85. The molecule has 170 valence electrons. The molecule has 0 bridgehead atoms. The Balaban J connectivity index is 1.63. The van der Waals surface area contributed by atoms with E-state index in [-0.39, 0.29) is 5.56 Å². The van der Waals surface area contributed by atoms with Crippen molar-refractivity contribution in [3.63, 3.8) is 0 Å². The summed E-state index contributed by atoms with van der Waals surface area (Å²) in [7, 11) is 4.42. The Morgan fingerprint density at radius 3 is 2.12 bits per heavy atom. The van der Waals surface area contributed by atoms with Crippen molar-refractivity contribution >= 4 is 34.0 Å². The van der Waals surface area contributed by atoms with Crippen LogP contribution in [0.1, 0.15) is 26.3 Å². The van der Waals surface area contributed by atoms with E-state index in [1.165, 1.54) is 39.7 Å². The molecule has 9 heteroatoms. The lowest BCUT2D eigenvalue weighted by Crippen LogP contribution is -2.18. The number of rotatable bonds is 8. The first-order valence-corrected chi connectivity index (χ1v) is 10.5. The zero-order chi connectivity index (χ0) is 23.8. The predicted octanol–water partition coefficient (Wildman–Crippen LogP) is 4.46. The molecule has 0 unspecified atom stereocenters. The molecule has 0 aliphatic heterocycles. The minimum absolute atomic E-state index is 0.288. The van der Waals surface area contributed by atoms with Crippen molar-refractivity contribution in [2.75, 3.05) is 21.3 Å². The van der Waals surface area contributed by atoms with Gasteiger partial charge in [-0.2, -0.15) is 5.10 Å². The highest BCUT2D eigenvalue weighted by Crippen LogP contribution is 2.38. The monoisotopic (exact) mass is 512 g/mol. The van der Waals surface area contributed by atoms with E-state index >= 15 is 0 Å². The standard InChI is InChI=1S/C24H21BrN2O6/c1-30-20-12-16(13-21(31-2)22(20)32-3)23(28)27-26-14-15-8-10-17(11-9-15)33-24(29)18-6-4-5-7-19(18)25/h4-14H,1-3H3,(H,27,28)/b26-14-. The van der Waals surface area contributed by atoms with Gasteiger partial charge in [-0.1, -0.05) is 12.1 Å². The van der Waals surface area contributed by atoms with Gasteiger partial charge in [0.15, 0.2) is 11.5 Å². The molecule has 3 aromatic rings. The van der Waals surface area contributed by atoms with Crippen molar-refractivity contribution in [3.8, 4) is 23.0 Å². The van der Waals surface area contributed by atoms with Crippen LogP contribution in [0.15, 0.2) is 70.2 Å². The van der Waals surface area contributed by atoms with Crippen molar-refractivity contribution in [1.82, 2.24) is 5.43 Å². The molecular formula is C24H21BrN2O6. The molecule has 0 radical (unpaired) electrons. The Morgan fingerprint density at radius 1 is 0.909 bits per heavy atom. The van der Waals surface area contributed by atoms with Gasteiger partial charge in [-0.15, -0.1) is 0 Å². The molecule has 1 amide bonds. The number of nitrogens with zero attached hydrogens (tertiary/aromatic N) is 1. The van der Waals surface area contributed by atoms with Crippen LogP contribution in [-0.4, -0.2) is 39.4 Å². The van der Waals surface area contributed by atoms with Crippen LogP contribution in [-0.2, 0) is 0 Å². The van der Waals surface area contributed by atoms with Gasteiger partial charge in [-0.05, 0) is 70.0 Å². The summed E-state index contributed by atoms with van der Waals surface area (Å²) < 4.78 is 21.8. The van der Waals surface area contributed by atoms with Gasteiger partial charge < -0.3 is 18.9 Å². The van der Waals surface area contributed by atoms with Gasteiger partial charge in [0, 0.05) is 10.0 Å². The molecule has 33 heavy (non-hydrogen) atoms. The molecular weight excluding hydrogens is 492 g/mol. The van der Waals surface area contributed by atoms with Crippen molar-refractivity contribution in [2.24, 2.45) is 5.10 Å². The Bertz CT molecular complexity index is 1150. The number of hydrogen-bond acceptors (Lipinski definition) is 7. The minimum atomic E-state index is -0.471. The third-order valence-corrected chi connectivity index (χ3v) is 5.18. The molecule has 0 saturated carbocycles. The lowest BCUT2D eigenvalue weighted by atomic mass is 10.1. The number of carbonyl (C=O) groups excluding carboxylic acids is 2. The molecule has 0 fully saturated rings. The van der Waals surface area contributed by atoms with Crippen molar-refractivity contribution in [2.45, 2.75) is 0 Å². The van der Waals surface area contributed by atoms with E-state index in [1.54, 1.807) is 42.5 Å². The summed E-state index contributed by atoms with van der Waals surface area (Å²) in [6.07, 6.45) is 1.47. The van der Waals surface area contributed by atoms with Gasteiger partial charge in [-0.25, -0.2) is 10.2 Å². The summed E-state index contributed by atoms with van der Waals surface area (Å²) >= 11 is 3.33. The molecule has 8 nitrogen and oxygen atoms in total. The molecule has 0 aromatic heterocycles. The highest BCUT2D eigenvalue weighted by molar-refractivity contribution is 9.10. The number of hydrogen-bond donors (Lipinski definition) is 1. The van der Waals surface area contributed by atoms with E-state index in [0.29, 0.717) is 38.6 Å². The number of ether oxygens (including phenoxy) is 4. The Morgan fingerprint density at radius 2 is 1.55 bits per heavy atom. The predicted molar refractivity (Wildman–Crippen MR) is 127 cm³/mol. The minimum Gasteiger partial charge on any atom is -0.493 e. The van der Waals surface area contributed by atoms with Crippen LogP contribution < -0.4 is 24.4 Å². The third kappa shape index (κ3) is 5.89. The molecule has 0 aliphatic rings. The second-order valence-electron chi connectivity index (χ2n) is 6.55. The highest BCUT2D eigenvalue weighted by Gasteiger charge is 2.16. The first-order valence-electron chi connectivity index (χ1n) is 9.67. The molecule has 3 aromatic carbocycles. The van der Waals surface area contributed by atoms with Crippen molar-refractivity contribution < 1.29 is 28.5 Å². The maximum absolute atomic E-state index is 12.5. The average Bonchev–Trinajstić information content (AvgIpc) is 2.84. The zero-order valence-electron chi connectivity index (χ0n) is 18.1. The quantitative estimate of drug-likeness (QED) is 0.207. The third-order valence-electron chi connectivity index (χ3n) is 4.49. The van der Waals surface area contributed by atoms with E-state index in [2.05, 4.69) is 26.5 Å². The van der Waals surface area contributed by atoms with Gasteiger partial charge >= 0.3 is 5.97 Å². The molecule has 0 heterocycles. The first-order chi connectivity index (χ1) is 16.0. The summed E-state index contributed by atoms with van der Waals surface area (Å²) in [5, 5.41) is 3.97. The number of esters is 1. The summed E-state index contributed by atoms with van der Waals surface area (Å²) in [4.78, 5) is 24.8. The van der Waals surface area contributed by atoms with E-state index in [1.807, 2.05) is 6.07 Å². The van der Waals surface area contributed by atoms with Gasteiger partial charge in [0.2, 0.25) is 5.75 Å². The topological polar surface area (TPSA) is 95.5 Å². The van der Waals surface area contributed by atoms with Gasteiger partial charge in [-0.3, -0.25) is 4.79 Å². The fourth-order valence-corrected chi connectivity index (χ4v) is 3.30. The van der Waals surface area contributed by atoms with E-state index in [4.69, 9.17) is 18.9 Å². The van der Waals surface area contributed by atoms with Gasteiger partial charge in [0.25, 0.3) is 5.91 Å². The number of nitrogens with one attached hydrogen (secondary N) is 1. The van der Waals surface area contributed by atoms with Gasteiger partial charge in [0.1, 0.15) is 5.75 Å². The maximum atomic E-state index is 12.5. The van der Waals surface area contributed by atoms with E-state index in [9.17, 15) is 9.59 Å². The number of carbonyl (C=O) groups is 2. The fraction of sp³-hybridized carbons (Fsp3) is 0.125. The number of hydrazone groups is 1. The maximum Gasteiger partial charge on any atom is 0.344 e. The normalized spacial score (nSPS) is 10.5. The Kier molecular flexibility index (Phi) is 8.04. The second kappa shape index (κ2) is 11.1. The fourth-order valence-electron chi connectivity index (χ4n) is 2.85. The smallest absolute Gasteiger partial charge is 0.344 e. The summed E-state index contributed by atoms with van der Waals surface area (Å²) in [5.41, 5.74) is 3.86.